The molecule has 0 aliphatic heterocycles. The second-order valence-corrected chi connectivity index (χ2v) is 8.43. The monoisotopic (exact) mass is 408 g/mol. The van der Waals surface area contributed by atoms with Gasteiger partial charge in [0.2, 0.25) is 11.2 Å². The summed E-state index contributed by atoms with van der Waals surface area (Å²) in [5, 5.41) is 0.419. The highest BCUT2D eigenvalue weighted by atomic mass is 16.6. The third-order valence-corrected chi connectivity index (χ3v) is 4.82. The van der Waals surface area contributed by atoms with Crippen molar-refractivity contribution in [2.45, 2.75) is 46.5 Å². The number of carbonyl (C=O) groups is 1. The van der Waals surface area contributed by atoms with Gasteiger partial charge in [-0.15, -0.1) is 0 Å². The van der Waals surface area contributed by atoms with Crippen molar-refractivity contribution in [3.8, 4) is 17.1 Å². The van der Waals surface area contributed by atoms with Gasteiger partial charge in [-0.25, -0.2) is 4.79 Å². The lowest BCUT2D eigenvalue weighted by atomic mass is 9.86. The summed E-state index contributed by atoms with van der Waals surface area (Å²) >= 11 is 0. The predicted molar refractivity (Wildman–Crippen MR) is 118 cm³/mol. The highest BCUT2D eigenvalue weighted by Gasteiger charge is 2.20. The minimum absolute atomic E-state index is 0.00262. The van der Waals surface area contributed by atoms with Crippen molar-refractivity contribution in [3.63, 3.8) is 0 Å². The molecule has 2 aromatic carbocycles. The van der Waals surface area contributed by atoms with E-state index in [1.54, 1.807) is 12.1 Å². The summed E-state index contributed by atoms with van der Waals surface area (Å²) in [5.74, 6) is -0.195. The van der Waals surface area contributed by atoms with Gasteiger partial charge in [0.15, 0.2) is 12.4 Å². The van der Waals surface area contributed by atoms with Gasteiger partial charge in [-0.3, -0.25) is 4.79 Å². The van der Waals surface area contributed by atoms with Gasteiger partial charge in [0, 0.05) is 5.56 Å². The zero-order valence-electron chi connectivity index (χ0n) is 18.2. The average molecular weight is 408 g/mol. The van der Waals surface area contributed by atoms with Gasteiger partial charge in [0.1, 0.15) is 5.58 Å². The fourth-order valence-electron chi connectivity index (χ4n) is 3.12. The molecule has 30 heavy (non-hydrogen) atoms. The SMILES string of the molecule is CCCOC(=O)COc1c(-c2ccc(C(C)(C)C)cc2)oc2ccc(C)cc2c1=O. The topological polar surface area (TPSA) is 65.7 Å². The van der Waals surface area contributed by atoms with Crippen molar-refractivity contribution < 1.29 is 18.7 Å². The van der Waals surface area contributed by atoms with Crippen LogP contribution in [0.25, 0.3) is 22.3 Å². The molecule has 0 radical (unpaired) electrons. The summed E-state index contributed by atoms with van der Waals surface area (Å²) < 4.78 is 16.8. The van der Waals surface area contributed by atoms with Crippen LogP contribution in [0.5, 0.6) is 5.75 Å². The summed E-state index contributed by atoms with van der Waals surface area (Å²) in [6, 6.07) is 13.2. The maximum atomic E-state index is 13.2. The molecular formula is C25H28O5. The molecule has 0 aliphatic rings. The van der Waals surface area contributed by atoms with Gasteiger partial charge in [0.05, 0.1) is 12.0 Å². The van der Waals surface area contributed by atoms with Crippen LogP contribution in [0.3, 0.4) is 0 Å². The van der Waals surface area contributed by atoms with Crippen molar-refractivity contribution in [1.82, 2.24) is 0 Å². The number of aryl methyl sites for hydroxylation is 1. The normalized spacial score (nSPS) is 11.5. The highest BCUT2D eigenvalue weighted by molar-refractivity contribution is 5.83. The number of carbonyl (C=O) groups excluding carboxylic acids is 1. The molecule has 0 amide bonds. The Morgan fingerprint density at radius 3 is 2.40 bits per heavy atom. The molecule has 0 atom stereocenters. The molecule has 158 valence electrons. The minimum atomic E-state index is -0.519. The van der Waals surface area contributed by atoms with Gasteiger partial charge in [-0.05, 0) is 36.5 Å². The molecule has 0 N–H and O–H groups in total. The molecule has 0 saturated heterocycles. The molecule has 0 fully saturated rings. The van der Waals surface area contributed by atoms with E-state index in [-0.39, 0.29) is 23.2 Å². The summed E-state index contributed by atoms with van der Waals surface area (Å²) in [7, 11) is 0. The van der Waals surface area contributed by atoms with Crippen LogP contribution in [0.2, 0.25) is 0 Å². The first-order valence-corrected chi connectivity index (χ1v) is 10.2. The first kappa shape index (κ1) is 21.6. The second-order valence-electron chi connectivity index (χ2n) is 8.43. The second kappa shape index (κ2) is 8.74. The summed E-state index contributed by atoms with van der Waals surface area (Å²) in [4.78, 5) is 25.1. The van der Waals surface area contributed by atoms with Crippen LogP contribution in [-0.4, -0.2) is 19.2 Å². The van der Waals surface area contributed by atoms with E-state index in [0.29, 0.717) is 35.3 Å². The first-order chi connectivity index (χ1) is 14.2. The Balaban J connectivity index is 2.08. The molecule has 0 bridgehead atoms. The van der Waals surface area contributed by atoms with E-state index in [9.17, 15) is 9.59 Å². The molecule has 1 aromatic heterocycles. The molecule has 3 aromatic rings. The molecule has 5 nitrogen and oxygen atoms in total. The van der Waals surface area contributed by atoms with Gasteiger partial charge >= 0.3 is 5.97 Å². The molecule has 0 spiro atoms. The molecule has 3 rings (SSSR count). The van der Waals surface area contributed by atoms with Gasteiger partial charge in [0.25, 0.3) is 0 Å². The van der Waals surface area contributed by atoms with Crippen molar-refractivity contribution in [3.05, 3.63) is 63.8 Å². The van der Waals surface area contributed by atoms with Gasteiger partial charge in [-0.2, -0.15) is 0 Å². The van der Waals surface area contributed by atoms with Crippen LogP contribution in [-0.2, 0) is 14.9 Å². The first-order valence-electron chi connectivity index (χ1n) is 10.2. The Bertz CT molecular complexity index is 1100. The van der Waals surface area contributed by atoms with Crippen LogP contribution in [0.15, 0.2) is 51.7 Å². The number of benzene rings is 2. The maximum absolute atomic E-state index is 13.2. The summed E-state index contributed by atoms with van der Waals surface area (Å²) in [5.41, 5.74) is 2.97. The van der Waals surface area contributed by atoms with Gasteiger partial charge in [-0.1, -0.05) is 63.6 Å². The zero-order valence-corrected chi connectivity index (χ0v) is 18.2. The van der Waals surface area contributed by atoms with Crippen LogP contribution in [0, 0.1) is 6.92 Å². The molecular weight excluding hydrogens is 380 g/mol. The minimum Gasteiger partial charge on any atom is -0.474 e. The lowest BCUT2D eigenvalue weighted by Crippen LogP contribution is -2.19. The molecule has 0 saturated carbocycles. The Labute approximate surface area is 176 Å². The molecule has 0 unspecified atom stereocenters. The smallest absolute Gasteiger partial charge is 0.344 e. The highest BCUT2D eigenvalue weighted by Crippen LogP contribution is 2.33. The van der Waals surface area contributed by atoms with Crippen molar-refractivity contribution in [1.29, 1.82) is 0 Å². The Morgan fingerprint density at radius 2 is 1.77 bits per heavy atom. The molecule has 5 heteroatoms. The predicted octanol–water partition coefficient (Wildman–Crippen LogP) is 5.40. The van der Waals surface area contributed by atoms with E-state index < -0.39 is 5.97 Å². The fraction of sp³-hybridized carbons (Fsp3) is 0.360. The summed E-state index contributed by atoms with van der Waals surface area (Å²) in [6.45, 7) is 10.2. The van der Waals surface area contributed by atoms with Crippen molar-refractivity contribution >= 4 is 16.9 Å². The van der Waals surface area contributed by atoms with Crippen LogP contribution >= 0.6 is 0 Å². The van der Waals surface area contributed by atoms with Crippen LogP contribution in [0.4, 0.5) is 0 Å². The Kier molecular flexibility index (Phi) is 6.30. The van der Waals surface area contributed by atoms with E-state index >= 15 is 0 Å². The standard InChI is InChI=1S/C25H28O5/c1-6-13-28-21(26)15-29-24-22(27)19-14-16(2)7-12-20(19)30-23(24)17-8-10-18(11-9-17)25(3,4)5/h7-12,14H,6,13,15H2,1-5H3. The maximum Gasteiger partial charge on any atom is 0.344 e. The Morgan fingerprint density at radius 1 is 1.07 bits per heavy atom. The largest absolute Gasteiger partial charge is 0.474 e. The number of esters is 1. The van der Waals surface area contributed by atoms with E-state index in [0.717, 1.165) is 11.1 Å². The number of fused-ring (bicyclic) bond motifs is 1. The quantitative estimate of drug-likeness (QED) is 0.511. The van der Waals surface area contributed by atoms with E-state index in [1.807, 2.05) is 44.2 Å². The fourth-order valence-corrected chi connectivity index (χ4v) is 3.12. The van der Waals surface area contributed by atoms with Crippen molar-refractivity contribution in [2.24, 2.45) is 0 Å². The summed E-state index contributed by atoms with van der Waals surface area (Å²) in [6.07, 6.45) is 0.717. The number of hydrogen-bond donors (Lipinski definition) is 0. The average Bonchev–Trinajstić information content (AvgIpc) is 2.71. The van der Waals surface area contributed by atoms with Crippen LogP contribution < -0.4 is 10.2 Å². The third kappa shape index (κ3) is 4.73. The van der Waals surface area contributed by atoms with E-state index in [4.69, 9.17) is 13.9 Å². The Hall–Kier alpha value is -3.08. The number of hydrogen-bond acceptors (Lipinski definition) is 5. The zero-order chi connectivity index (χ0) is 21.9. The molecule has 0 aliphatic carbocycles. The van der Waals surface area contributed by atoms with Gasteiger partial charge < -0.3 is 13.9 Å². The van der Waals surface area contributed by atoms with E-state index in [2.05, 4.69) is 20.8 Å². The lowest BCUT2D eigenvalue weighted by molar-refractivity contribution is -0.146. The number of rotatable bonds is 6. The third-order valence-electron chi connectivity index (χ3n) is 4.82. The van der Waals surface area contributed by atoms with E-state index in [1.165, 1.54) is 0 Å². The van der Waals surface area contributed by atoms with Crippen molar-refractivity contribution in [2.75, 3.05) is 13.2 Å². The lowest BCUT2D eigenvalue weighted by Gasteiger charge is -2.19. The number of ether oxygens (including phenoxy) is 2. The van der Waals surface area contributed by atoms with Crippen LogP contribution in [0.1, 0.15) is 45.2 Å². The molecule has 1 heterocycles.